The van der Waals surface area contributed by atoms with Crippen LogP contribution in [-0.4, -0.2) is 24.7 Å². The first-order valence-corrected chi connectivity index (χ1v) is 7.00. The number of nitrogens with one attached hydrogen (secondary N) is 1. The van der Waals surface area contributed by atoms with Crippen molar-refractivity contribution in [2.45, 2.75) is 25.2 Å². The highest BCUT2D eigenvalue weighted by atomic mass is 35.5. The number of carbonyl (C=O) groups is 2. The van der Waals surface area contributed by atoms with Crippen molar-refractivity contribution in [3.63, 3.8) is 0 Å². The van der Waals surface area contributed by atoms with E-state index < -0.39 is 16.0 Å². The van der Waals surface area contributed by atoms with Gasteiger partial charge >= 0.3 is 0 Å². The molecule has 0 spiro atoms. The van der Waals surface area contributed by atoms with Gasteiger partial charge in [-0.25, -0.2) is 0 Å². The van der Waals surface area contributed by atoms with E-state index in [0.29, 0.717) is 0 Å². The Labute approximate surface area is 115 Å². The number of ketones is 1. The van der Waals surface area contributed by atoms with Crippen LogP contribution in [0.2, 0.25) is 5.02 Å². The van der Waals surface area contributed by atoms with E-state index in [1.807, 2.05) is 0 Å². The Bertz CT molecular complexity index is 639. The van der Waals surface area contributed by atoms with Crippen molar-refractivity contribution in [1.82, 2.24) is 0 Å². The number of Topliss-reactive ketones (excluding diaryl/α,β-unsaturated/α-hetero) is 1. The van der Waals surface area contributed by atoms with Crippen LogP contribution in [0.5, 0.6) is 0 Å². The summed E-state index contributed by atoms with van der Waals surface area (Å²) < 4.78 is 31.3. The lowest BCUT2D eigenvalue weighted by Gasteiger charge is -2.12. The van der Waals surface area contributed by atoms with Gasteiger partial charge in [-0.3, -0.25) is 14.1 Å². The van der Waals surface area contributed by atoms with E-state index in [1.54, 1.807) is 0 Å². The highest BCUT2D eigenvalue weighted by Gasteiger charge is 2.19. The fourth-order valence-electron chi connectivity index (χ4n) is 1.50. The molecule has 1 amide bonds. The summed E-state index contributed by atoms with van der Waals surface area (Å²) in [5.74, 6) is -0.942. The molecule has 0 aromatic heterocycles. The molecule has 0 atom stereocenters. The second kappa shape index (κ2) is 5.68. The lowest BCUT2D eigenvalue weighted by atomic mass is 10.2. The van der Waals surface area contributed by atoms with Crippen molar-refractivity contribution in [2.24, 2.45) is 0 Å². The van der Waals surface area contributed by atoms with Gasteiger partial charge in [0.1, 0.15) is 5.78 Å². The third kappa shape index (κ3) is 4.02. The third-order valence-corrected chi connectivity index (χ3v) is 3.63. The first-order chi connectivity index (χ1) is 8.62. The minimum atomic E-state index is -4.41. The molecule has 0 aliphatic heterocycles. The van der Waals surface area contributed by atoms with E-state index in [2.05, 4.69) is 5.32 Å². The van der Waals surface area contributed by atoms with Gasteiger partial charge < -0.3 is 5.32 Å². The van der Waals surface area contributed by atoms with Gasteiger partial charge in [-0.05, 0) is 31.5 Å². The summed E-state index contributed by atoms with van der Waals surface area (Å²) in [7, 11) is -4.41. The quantitative estimate of drug-likeness (QED) is 0.652. The molecule has 0 unspecified atom stereocenters. The van der Waals surface area contributed by atoms with Gasteiger partial charge in [-0.15, -0.1) is 0 Å². The summed E-state index contributed by atoms with van der Waals surface area (Å²) in [5.41, 5.74) is 0.162. The topological polar surface area (TPSA) is 101 Å². The Kier molecular flexibility index (Phi) is 4.67. The van der Waals surface area contributed by atoms with E-state index in [1.165, 1.54) is 19.9 Å². The zero-order valence-electron chi connectivity index (χ0n) is 10.2. The molecule has 2 N–H and O–H groups in total. The molecule has 1 aromatic carbocycles. The minimum Gasteiger partial charge on any atom is -0.324 e. The molecule has 0 bridgehead atoms. The highest BCUT2D eigenvalue weighted by Crippen LogP contribution is 2.30. The number of amides is 1. The maximum Gasteiger partial charge on any atom is 0.294 e. The van der Waals surface area contributed by atoms with Gasteiger partial charge in [0.2, 0.25) is 5.91 Å². The number of halogens is 1. The van der Waals surface area contributed by atoms with Crippen LogP contribution in [0.3, 0.4) is 0 Å². The molecule has 8 heteroatoms. The zero-order valence-corrected chi connectivity index (χ0v) is 11.8. The molecule has 0 heterocycles. The van der Waals surface area contributed by atoms with Crippen LogP contribution >= 0.6 is 11.6 Å². The van der Waals surface area contributed by atoms with Gasteiger partial charge in [0.05, 0.1) is 22.0 Å². The first kappa shape index (κ1) is 15.6. The van der Waals surface area contributed by atoms with Crippen LogP contribution in [0, 0.1) is 6.92 Å². The van der Waals surface area contributed by atoms with E-state index >= 15 is 0 Å². The van der Waals surface area contributed by atoms with E-state index in [9.17, 15) is 18.0 Å². The van der Waals surface area contributed by atoms with Crippen molar-refractivity contribution in [1.29, 1.82) is 0 Å². The maximum atomic E-state index is 11.5. The average Bonchev–Trinajstić information content (AvgIpc) is 2.21. The Morgan fingerprint density at radius 3 is 2.42 bits per heavy atom. The summed E-state index contributed by atoms with van der Waals surface area (Å²) in [4.78, 5) is 21.9. The monoisotopic (exact) mass is 305 g/mol. The van der Waals surface area contributed by atoms with Crippen LogP contribution in [0.4, 0.5) is 5.69 Å². The maximum absolute atomic E-state index is 11.5. The van der Waals surface area contributed by atoms with E-state index in [4.69, 9.17) is 16.2 Å². The molecule has 1 aromatic rings. The Morgan fingerprint density at radius 1 is 1.37 bits per heavy atom. The predicted octanol–water partition coefficient (Wildman–Crippen LogP) is 1.81. The van der Waals surface area contributed by atoms with E-state index in [-0.39, 0.29) is 33.4 Å². The van der Waals surface area contributed by atoms with Crippen molar-refractivity contribution in [3.8, 4) is 0 Å². The molecular formula is C11H12ClNO5S. The second-order valence-corrected chi connectivity index (χ2v) is 5.74. The molecule has 104 valence electrons. The lowest BCUT2D eigenvalue weighted by Crippen LogP contribution is -2.16. The first-order valence-electron chi connectivity index (χ1n) is 5.19. The molecule has 19 heavy (non-hydrogen) atoms. The SMILES string of the molecule is CC(=O)CC(=O)Nc1c(Cl)ccc(S(=O)(=O)O)c1C. The third-order valence-electron chi connectivity index (χ3n) is 2.32. The van der Waals surface area contributed by atoms with Gasteiger partial charge in [0.15, 0.2) is 0 Å². The number of benzene rings is 1. The number of hydrogen-bond acceptors (Lipinski definition) is 4. The van der Waals surface area contributed by atoms with Crippen molar-refractivity contribution >= 4 is 39.1 Å². The number of rotatable bonds is 4. The largest absolute Gasteiger partial charge is 0.324 e. The van der Waals surface area contributed by atoms with E-state index in [0.717, 1.165) is 6.07 Å². The van der Waals surface area contributed by atoms with Crippen molar-refractivity contribution < 1.29 is 22.6 Å². The second-order valence-electron chi connectivity index (χ2n) is 3.95. The highest BCUT2D eigenvalue weighted by molar-refractivity contribution is 7.85. The van der Waals surface area contributed by atoms with Gasteiger partial charge in [-0.2, -0.15) is 8.42 Å². The molecule has 0 aliphatic rings. The predicted molar refractivity (Wildman–Crippen MR) is 69.9 cm³/mol. The molecule has 0 saturated heterocycles. The van der Waals surface area contributed by atoms with Crippen LogP contribution in [0.25, 0.3) is 0 Å². The molecule has 0 aliphatic carbocycles. The summed E-state index contributed by atoms with van der Waals surface area (Å²) in [6.07, 6.45) is -0.341. The smallest absolute Gasteiger partial charge is 0.294 e. The van der Waals surface area contributed by atoms with Crippen LogP contribution in [-0.2, 0) is 19.7 Å². The van der Waals surface area contributed by atoms with Gasteiger partial charge in [0, 0.05) is 0 Å². The van der Waals surface area contributed by atoms with Crippen molar-refractivity contribution in [2.75, 3.05) is 5.32 Å². The molecule has 0 radical (unpaired) electrons. The van der Waals surface area contributed by atoms with Crippen LogP contribution < -0.4 is 5.32 Å². The summed E-state index contributed by atoms with van der Waals surface area (Å²) >= 11 is 5.86. The summed E-state index contributed by atoms with van der Waals surface area (Å²) in [5, 5.41) is 2.47. The number of carbonyl (C=O) groups excluding carboxylic acids is 2. The molecule has 1 rings (SSSR count). The standard InChI is InChI=1S/C11H12ClNO5S/c1-6(14)5-10(15)13-11-7(2)9(19(16,17)18)4-3-8(11)12/h3-4H,5H2,1-2H3,(H,13,15)(H,16,17,18). The van der Waals surface area contributed by atoms with Crippen LogP contribution in [0.15, 0.2) is 17.0 Å². The minimum absolute atomic E-state index is 0.0584. The Hall–Kier alpha value is -1.44. The molecule has 6 nitrogen and oxygen atoms in total. The van der Waals surface area contributed by atoms with Crippen molar-refractivity contribution in [3.05, 3.63) is 22.7 Å². The normalized spacial score (nSPS) is 11.2. The average molecular weight is 306 g/mol. The molecular weight excluding hydrogens is 294 g/mol. The number of hydrogen-bond donors (Lipinski definition) is 2. The zero-order chi connectivity index (χ0) is 14.8. The summed E-state index contributed by atoms with van der Waals surface area (Å²) in [6, 6.07) is 2.37. The van der Waals surface area contributed by atoms with Crippen LogP contribution in [0.1, 0.15) is 18.9 Å². The Morgan fingerprint density at radius 2 is 1.95 bits per heavy atom. The summed E-state index contributed by atoms with van der Waals surface area (Å²) in [6.45, 7) is 2.64. The molecule has 0 saturated carbocycles. The fraction of sp³-hybridized carbons (Fsp3) is 0.273. The number of anilines is 1. The Balaban J connectivity index is 3.21. The lowest BCUT2D eigenvalue weighted by molar-refractivity contribution is -0.124. The van der Waals surface area contributed by atoms with Gasteiger partial charge in [-0.1, -0.05) is 11.6 Å². The fourth-order valence-corrected chi connectivity index (χ4v) is 2.48. The van der Waals surface area contributed by atoms with Gasteiger partial charge in [0.25, 0.3) is 10.1 Å². The molecule has 0 fully saturated rings.